The van der Waals surface area contributed by atoms with Crippen LogP contribution >= 0.6 is 0 Å². The molecule has 1 aromatic heterocycles. The second-order valence-corrected chi connectivity index (χ2v) is 5.80. The highest BCUT2D eigenvalue weighted by Gasteiger charge is 2.23. The Morgan fingerprint density at radius 2 is 1.83 bits per heavy atom. The molecule has 23 heavy (non-hydrogen) atoms. The summed E-state index contributed by atoms with van der Waals surface area (Å²) in [5.74, 6) is 0. The summed E-state index contributed by atoms with van der Waals surface area (Å²) < 4.78 is 2.15. The average Bonchev–Trinajstić information content (AvgIpc) is 3.00. The van der Waals surface area contributed by atoms with Crippen LogP contribution in [0.2, 0.25) is 0 Å². The van der Waals surface area contributed by atoms with Gasteiger partial charge in [-0.1, -0.05) is 42.5 Å². The van der Waals surface area contributed by atoms with E-state index in [9.17, 15) is 5.11 Å². The van der Waals surface area contributed by atoms with Gasteiger partial charge in [0.1, 0.15) is 0 Å². The van der Waals surface area contributed by atoms with Gasteiger partial charge in [0.05, 0.1) is 12.1 Å². The zero-order chi connectivity index (χ0) is 16.2. The van der Waals surface area contributed by atoms with Crippen LogP contribution in [0.5, 0.6) is 0 Å². The van der Waals surface area contributed by atoms with E-state index in [0.29, 0.717) is 13.1 Å². The van der Waals surface area contributed by atoms with Crippen LogP contribution in [0.1, 0.15) is 17.2 Å². The van der Waals surface area contributed by atoms with Crippen LogP contribution in [0.15, 0.2) is 60.8 Å². The van der Waals surface area contributed by atoms with Crippen LogP contribution < -0.4 is 11.1 Å². The average molecular weight is 309 g/mol. The molecule has 4 N–H and O–H groups in total. The molecule has 3 aromatic rings. The second-order valence-electron chi connectivity index (χ2n) is 5.80. The van der Waals surface area contributed by atoms with Crippen LogP contribution in [0.3, 0.4) is 0 Å². The quantitative estimate of drug-likeness (QED) is 0.654. The van der Waals surface area contributed by atoms with Crippen molar-refractivity contribution in [3.63, 3.8) is 0 Å². The Kier molecular flexibility index (Phi) is 4.76. The number of nitrogens with two attached hydrogens (primary N) is 1. The minimum absolute atomic E-state index is 0.144. The molecule has 0 aliphatic heterocycles. The van der Waals surface area contributed by atoms with Gasteiger partial charge in [0.15, 0.2) is 0 Å². The summed E-state index contributed by atoms with van der Waals surface area (Å²) in [6, 6.07) is 18.3. The van der Waals surface area contributed by atoms with Crippen molar-refractivity contribution in [3.8, 4) is 0 Å². The van der Waals surface area contributed by atoms with Gasteiger partial charge in [0.2, 0.25) is 0 Å². The first-order valence-electron chi connectivity index (χ1n) is 7.91. The van der Waals surface area contributed by atoms with E-state index >= 15 is 0 Å². The third-order valence-corrected chi connectivity index (χ3v) is 4.26. The molecule has 0 saturated heterocycles. The molecule has 4 heteroatoms. The number of hydrogen-bond donors (Lipinski definition) is 3. The van der Waals surface area contributed by atoms with Crippen molar-refractivity contribution in [1.82, 2.24) is 9.88 Å². The standard InChI is InChI=1S/C19H23N3O/c1-21-13-18(23)19(16-8-6-14(12-20)7-9-16)22-11-10-15-4-2-3-5-17(15)22/h2-11,18-19,21,23H,12-13,20H2,1H3. The normalized spacial score (nSPS) is 14.0. The highest BCUT2D eigenvalue weighted by Crippen LogP contribution is 2.28. The Bertz CT molecular complexity index is 764. The number of rotatable bonds is 6. The smallest absolute Gasteiger partial charge is 0.0912 e. The molecule has 0 bridgehead atoms. The van der Waals surface area contributed by atoms with Crippen molar-refractivity contribution < 1.29 is 5.11 Å². The van der Waals surface area contributed by atoms with Crippen molar-refractivity contribution in [2.75, 3.05) is 13.6 Å². The first-order chi connectivity index (χ1) is 11.2. The lowest BCUT2D eigenvalue weighted by atomic mass is 9.99. The van der Waals surface area contributed by atoms with E-state index in [2.05, 4.69) is 40.2 Å². The van der Waals surface area contributed by atoms with Gasteiger partial charge < -0.3 is 20.7 Å². The van der Waals surface area contributed by atoms with E-state index in [1.165, 1.54) is 5.39 Å². The van der Waals surface area contributed by atoms with Gasteiger partial charge >= 0.3 is 0 Å². The van der Waals surface area contributed by atoms with Crippen molar-refractivity contribution in [2.45, 2.75) is 18.7 Å². The molecule has 1 heterocycles. The molecule has 0 aliphatic carbocycles. The third kappa shape index (κ3) is 3.15. The van der Waals surface area contributed by atoms with Gasteiger partial charge in [-0.15, -0.1) is 0 Å². The Labute approximate surface area is 136 Å². The molecular formula is C19H23N3O. The lowest BCUT2D eigenvalue weighted by Gasteiger charge is -2.26. The van der Waals surface area contributed by atoms with E-state index in [0.717, 1.165) is 16.6 Å². The number of benzene rings is 2. The zero-order valence-electron chi connectivity index (χ0n) is 13.3. The summed E-state index contributed by atoms with van der Waals surface area (Å²) >= 11 is 0. The lowest BCUT2D eigenvalue weighted by Crippen LogP contribution is -2.33. The SMILES string of the molecule is CNCC(O)C(c1ccc(CN)cc1)n1ccc2ccccc21. The highest BCUT2D eigenvalue weighted by atomic mass is 16.3. The Hall–Kier alpha value is -2.14. The molecule has 2 atom stereocenters. The fourth-order valence-electron chi connectivity index (χ4n) is 3.09. The first-order valence-corrected chi connectivity index (χ1v) is 7.91. The Morgan fingerprint density at radius 1 is 1.09 bits per heavy atom. The number of nitrogens with one attached hydrogen (secondary N) is 1. The minimum Gasteiger partial charge on any atom is -0.389 e. The molecule has 0 radical (unpaired) electrons. The van der Waals surface area contributed by atoms with Crippen LogP contribution in [0.25, 0.3) is 10.9 Å². The summed E-state index contributed by atoms with van der Waals surface area (Å²) in [6.07, 6.45) is 1.52. The summed E-state index contributed by atoms with van der Waals surface area (Å²) in [4.78, 5) is 0. The minimum atomic E-state index is -0.528. The number of aliphatic hydroxyl groups is 1. The molecule has 0 aliphatic rings. The van der Waals surface area contributed by atoms with Crippen molar-refractivity contribution in [2.24, 2.45) is 5.73 Å². The second kappa shape index (κ2) is 6.96. The maximum atomic E-state index is 10.7. The number of hydrogen-bond acceptors (Lipinski definition) is 3. The number of aromatic nitrogens is 1. The molecule has 2 unspecified atom stereocenters. The van der Waals surface area contributed by atoms with Crippen LogP contribution in [-0.2, 0) is 6.54 Å². The van der Waals surface area contributed by atoms with Crippen LogP contribution in [0.4, 0.5) is 0 Å². The summed E-state index contributed by atoms with van der Waals surface area (Å²) in [5.41, 5.74) is 8.97. The van der Waals surface area contributed by atoms with Crippen molar-refractivity contribution >= 4 is 10.9 Å². The van der Waals surface area contributed by atoms with Crippen LogP contribution in [-0.4, -0.2) is 29.4 Å². The van der Waals surface area contributed by atoms with Gasteiger partial charge in [-0.25, -0.2) is 0 Å². The van der Waals surface area contributed by atoms with Gasteiger partial charge in [0, 0.05) is 24.8 Å². The van der Waals surface area contributed by atoms with Crippen molar-refractivity contribution in [1.29, 1.82) is 0 Å². The number of nitrogens with zero attached hydrogens (tertiary/aromatic N) is 1. The summed E-state index contributed by atoms with van der Waals surface area (Å²) in [6.45, 7) is 1.05. The monoisotopic (exact) mass is 309 g/mol. The van der Waals surface area contributed by atoms with E-state index < -0.39 is 6.10 Å². The van der Waals surface area contributed by atoms with Gasteiger partial charge in [-0.2, -0.15) is 0 Å². The number of para-hydroxylation sites is 1. The third-order valence-electron chi connectivity index (χ3n) is 4.26. The van der Waals surface area contributed by atoms with E-state index in [-0.39, 0.29) is 6.04 Å². The van der Waals surface area contributed by atoms with E-state index in [4.69, 9.17) is 5.73 Å². The molecule has 0 spiro atoms. The number of likely N-dealkylation sites (N-methyl/N-ethyl adjacent to an activating group) is 1. The van der Waals surface area contributed by atoms with Crippen LogP contribution in [0, 0.1) is 0 Å². The largest absolute Gasteiger partial charge is 0.389 e. The molecule has 4 nitrogen and oxygen atoms in total. The number of aliphatic hydroxyl groups excluding tert-OH is 1. The van der Waals surface area contributed by atoms with E-state index in [1.807, 2.05) is 37.5 Å². The molecule has 0 amide bonds. The fraction of sp³-hybridized carbons (Fsp3) is 0.263. The summed E-state index contributed by atoms with van der Waals surface area (Å²) in [7, 11) is 1.85. The predicted octanol–water partition coefficient (Wildman–Crippen LogP) is 2.27. The maximum absolute atomic E-state index is 10.7. The Balaban J connectivity index is 2.07. The molecule has 2 aromatic carbocycles. The molecule has 0 saturated carbocycles. The van der Waals surface area contributed by atoms with Gasteiger partial charge in [-0.3, -0.25) is 0 Å². The number of fused-ring (bicyclic) bond motifs is 1. The first kappa shape index (κ1) is 15.7. The van der Waals surface area contributed by atoms with Gasteiger partial charge in [-0.05, 0) is 35.7 Å². The van der Waals surface area contributed by atoms with Crippen molar-refractivity contribution in [3.05, 3.63) is 71.9 Å². The molecule has 0 fully saturated rings. The predicted molar refractivity (Wildman–Crippen MR) is 94.3 cm³/mol. The molecular weight excluding hydrogens is 286 g/mol. The van der Waals surface area contributed by atoms with Gasteiger partial charge in [0.25, 0.3) is 0 Å². The highest BCUT2D eigenvalue weighted by molar-refractivity contribution is 5.80. The fourth-order valence-corrected chi connectivity index (χ4v) is 3.09. The molecule has 3 rings (SSSR count). The zero-order valence-corrected chi connectivity index (χ0v) is 13.3. The molecule has 120 valence electrons. The lowest BCUT2D eigenvalue weighted by molar-refractivity contribution is 0.132. The van der Waals surface area contributed by atoms with E-state index in [1.54, 1.807) is 0 Å². The maximum Gasteiger partial charge on any atom is 0.0912 e. The topological polar surface area (TPSA) is 63.2 Å². The Morgan fingerprint density at radius 3 is 2.52 bits per heavy atom. The summed E-state index contributed by atoms with van der Waals surface area (Å²) in [5, 5.41) is 15.0.